The molecule has 1 aromatic heterocycles. The van der Waals surface area contributed by atoms with Crippen LogP contribution < -0.4 is 5.32 Å². The molecule has 1 rings (SSSR count). The summed E-state index contributed by atoms with van der Waals surface area (Å²) in [5.74, 6) is -1.23. The standard InChI is InChI=1S/C11H16N2O4S/c1-6(5-17-3)4-8(14)12-10-9(11(15)16)7(2)13-18-10/h6H,4-5H2,1-3H3,(H,12,14)(H,15,16). The summed E-state index contributed by atoms with van der Waals surface area (Å²) in [6.07, 6.45) is 0.282. The lowest BCUT2D eigenvalue weighted by Crippen LogP contribution is -2.18. The molecular weight excluding hydrogens is 256 g/mol. The van der Waals surface area contributed by atoms with Gasteiger partial charge in [0.15, 0.2) is 0 Å². The molecule has 6 nitrogen and oxygen atoms in total. The predicted octanol–water partition coefficient (Wildman–Crippen LogP) is 1.76. The summed E-state index contributed by atoms with van der Waals surface area (Å²) in [6.45, 7) is 3.98. The molecule has 0 saturated heterocycles. The number of methoxy groups -OCH3 is 1. The highest BCUT2D eigenvalue weighted by molar-refractivity contribution is 7.11. The predicted molar refractivity (Wildman–Crippen MR) is 68.1 cm³/mol. The van der Waals surface area contributed by atoms with Crippen LogP contribution in [0, 0.1) is 12.8 Å². The van der Waals surface area contributed by atoms with Crippen molar-refractivity contribution in [3.05, 3.63) is 11.3 Å². The molecule has 1 heterocycles. The first-order chi connectivity index (χ1) is 8.45. The van der Waals surface area contributed by atoms with E-state index in [1.807, 2.05) is 6.92 Å². The second kappa shape index (κ2) is 6.46. The number of carbonyl (C=O) groups excluding carboxylic acids is 1. The van der Waals surface area contributed by atoms with Crippen molar-refractivity contribution in [3.8, 4) is 0 Å². The number of aryl methyl sites for hydroxylation is 1. The maximum absolute atomic E-state index is 11.7. The molecular formula is C11H16N2O4S. The van der Waals surface area contributed by atoms with Gasteiger partial charge >= 0.3 is 5.97 Å². The molecule has 1 amide bonds. The highest BCUT2D eigenvalue weighted by atomic mass is 32.1. The largest absolute Gasteiger partial charge is 0.478 e. The number of ether oxygens (including phenoxy) is 1. The SMILES string of the molecule is COCC(C)CC(=O)Nc1snc(C)c1C(=O)O. The maximum Gasteiger partial charge on any atom is 0.340 e. The number of carboxylic acids is 1. The summed E-state index contributed by atoms with van der Waals surface area (Å²) >= 11 is 0.979. The Bertz CT molecular complexity index is 444. The van der Waals surface area contributed by atoms with Crippen LogP contribution in [0.1, 0.15) is 29.4 Å². The minimum Gasteiger partial charge on any atom is -0.478 e. The van der Waals surface area contributed by atoms with Crippen LogP contribution in [0.4, 0.5) is 5.00 Å². The Morgan fingerprint density at radius 3 is 2.78 bits per heavy atom. The topological polar surface area (TPSA) is 88.5 Å². The van der Waals surface area contributed by atoms with Crippen LogP contribution in [0.2, 0.25) is 0 Å². The molecule has 1 aromatic rings. The van der Waals surface area contributed by atoms with Crippen molar-refractivity contribution < 1.29 is 19.4 Å². The lowest BCUT2D eigenvalue weighted by molar-refractivity contribution is -0.117. The molecule has 0 saturated carbocycles. The highest BCUT2D eigenvalue weighted by Crippen LogP contribution is 2.24. The number of hydrogen-bond acceptors (Lipinski definition) is 5. The Hall–Kier alpha value is -1.47. The van der Waals surface area contributed by atoms with Gasteiger partial charge in [-0.2, -0.15) is 4.37 Å². The second-order valence-electron chi connectivity index (χ2n) is 4.09. The van der Waals surface area contributed by atoms with Gasteiger partial charge in [-0.05, 0) is 24.4 Å². The molecule has 0 radical (unpaired) electrons. The molecule has 18 heavy (non-hydrogen) atoms. The van der Waals surface area contributed by atoms with Gasteiger partial charge in [0, 0.05) is 20.1 Å². The summed E-state index contributed by atoms with van der Waals surface area (Å²) in [5, 5.41) is 11.9. The van der Waals surface area contributed by atoms with E-state index < -0.39 is 5.97 Å². The summed E-state index contributed by atoms with van der Waals surface area (Å²) in [6, 6.07) is 0. The molecule has 7 heteroatoms. The lowest BCUT2D eigenvalue weighted by atomic mass is 10.1. The first kappa shape index (κ1) is 14.6. The average Bonchev–Trinajstić information content (AvgIpc) is 2.59. The Labute approximate surface area is 109 Å². The van der Waals surface area contributed by atoms with Crippen LogP contribution in [0.5, 0.6) is 0 Å². The van der Waals surface area contributed by atoms with Gasteiger partial charge in [-0.15, -0.1) is 0 Å². The number of rotatable bonds is 6. The van der Waals surface area contributed by atoms with Crippen molar-refractivity contribution in [1.29, 1.82) is 0 Å². The van der Waals surface area contributed by atoms with E-state index in [9.17, 15) is 9.59 Å². The fourth-order valence-electron chi connectivity index (χ4n) is 1.54. The van der Waals surface area contributed by atoms with Crippen LogP contribution in [-0.4, -0.2) is 35.1 Å². The molecule has 0 aliphatic heterocycles. The van der Waals surface area contributed by atoms with Crippen molar-refractivity contribution in [2.24, 2.45) is 5.92 Å². The van der Waals surface area contributed by atoms with Crippen molar-refractivity contribution in [3.63, 3.8) is 0 Å². The fraction of sp³-hybridized carbons (Fsp3) is 0.545. The first-order valence-electron chi connectivity index (χ1n) is 5.44. The average molecular weight is 272 g/mol. The van der Waals surface area contributed by atoms with Gasteiger partial charge in [-0.3, -0.25) is 4.79 Å². The molecule has 0 aliphatic carbocycles. The molecule has 100 valence electrons. The lowest BCUT2D eigenvalue weighted by Gasteiger charge is -2.09. The number of hydrogen-bond donors (Lipinski definition) is 2. The van der Waals surface area contributed by atoms with E-state index in [1.54, 1.807) is 14.0 Å². The zero-order valence-electron chi connectivity index (χ0n) is 10.5. The van der Waals surface area contributed by atoms with E-state index in [2.05, 4.69) is 9.69 Å². The Morgan fingerprint density at radius 1 is 1.56 bits per heavy atom. The number of amides is 1. The summed E-state index contributed by atoms with van der Waals surface area (Å²) in [5.41, 5.74) is 0.473. The third-order valence-electron chi connectivity index (χ3n) is 2.31. The normalized spacial score (nSPS) is 12.2. The first-order valence-corrected chi connectivity index (χ1v) is 6.21. The quantitative estimate of drug-likeness (QED) is 0.823. The fourth-order valence-corrected chi connectivity index (χ4v) is 2.35. The van der Waals surface area contributed by atoms with Gasteiger partial charge in [0.1, 0.15) is 10.6 Å². The highest BCUT2D eigenvalue weighted by Gasteiger charge is 2.19. The van der Waals surface area contributed by atoms with E-state index in [1.165, 1.54) is 0 Å². The Kier molecular flexibility index (Phi) is 5.24. The number of carbonyl (C=O) groups is 2. The minimum absolute atomic E-state index is 0.0627. The van der Waals surface area contributed by atoms with Gasteiger partial charge in [-0.1, -0.05) is 6.92 Å². The van der Waals surface area contributed by atoms with E-state index in [0.29, 0.717) is 12.3 Å². The van der Waals surface area contributed by atoms with Crippen LogP contribution in [0.3, 0.4) is 0 Å². The van der Waals surface area contributed by atoms with Gasteiger partial charge in [0.05, 0.1) is 5.69 Å². The molecule has 1 atom stereocenters. The molecule has 0 aromatic carbocycles. The van der Waals surface area contributed by atoms with Gasteiger partial charge in [0.25, 0.3) is 0 Å². The minimum atomic E-state index is -1.08. The number of aromatic carboxylic acids is 1. The van der Waals surface area contributed by atoms with E-state index >= 15 is 0 Å². The van der Waals surface area contributed by atoms with E-state index in [-0.39, 0.29) is 28.8 Å². The smallest absolute Gasteiger partial charge is 0.340 e. The number of nitrogens with one attached hydrogen (secondary N) is 1. The van der Waals surface area contributed by atoms with Crippen molar-refractivity contribution >= 4 is 28.4 Å². The van der Waals surface area contributed by atoms with Gasteiger partial charge < -0.3 is 15.2 Å². The summed E-state index contributed by atoms with van der Waals surface area (Å²) in [4.78, 5) is 22.7. The third kappa shape index (κ3) is 3.78. The zero-order valence-corrected chi connectivity index (χ0v) is 11.3. The van der Waals surface area contributed by atoms with Crippen molar-refractivity contribution in [2.75, 3.05) is 19.0 Å². The summed E-state index contributed by atoms with van der Waals surface area (Å²) in [7, 11) is 1.57. The number of nitrogens with zero attached hydrogens (tertiary/aromatic N) is 1. The summed E-state index contributed by atoms with van der Waals surface area (Å²) < 4.78 is 8.86. The molecule has 0 aliphatic rings. The monoisotopic (exact) mass is 272 g/mol. The third-order valence-corrected chi connectivity index (χ3v) is 3.17. The van der Waals surface area contributed by atoms with Gasteiger partial charge in [0.2, 0.25) is 5.91 Å². The van der Waals surface area contributed by atoms with Gasteiger partial charge in [-0.25, -0.2) is 4.79 Å². The molecule has 0 spiro atoms. The van der Waals surface area contributed by atoms with E-state index in [4.69, 9.17) is 9.84 Å². The molecule has 1 unspecified atom stereocenters. The second-order valence-corrected chi connectivity index (χ2v) is 4.86. The molecule has 0 fully saturated rings. The number of carboxylic acid groups (broad SMARTS) is 1. The van der Waals surface area contributed by atoms with Crippen LogP contribution in [0.25, 0.3) is 0 Å². The van der Waals surface area contributed by atoms with Crippen molar-refractivity contribution in [1.82, 2.24) is 4.37 Å². The molecule has 2 N–H and O–H groups in total. The number of aromatic nitrogens is 1. The van der Waals surface area contributed by atoms with E-state index in [0.717, 1.165) is 11.5 Å². The zero-order chi connectivity index (χ0) is 13.7. The number of anilines is 1. The molecule has 0 bridgehead atoms. The maximum atomic E-state index is 11.7. The van der Waals surface area contributed by atoms with Crippen LogP contribution >= 0.6 is 11.5 Å². The van der Waals surface area contributed by atoms with Crippen LogP contribution in [-0.2, 0) is 9.53 Å². The Balaban J connectivity index is 2.68. The Morgan fingerprint density at radius 2 is 2.22 bits per heavy atom. The van der Waals surface area contributed by atoms with Crippen LogP contribution in [0.15, 0.2) is 0 Å². The van der Waals surface area contributed by atoms with Crippen molar-refractivity contribution in [2.45, 2.75) is 20.3 Å².